The second-order valence-electron chi connectivity index (χ2n) is 7.15. The summed E-state index contributed by atoms with van der Waals surface area (Å²) in [6.45, 7) is 0. The molecule has 1 aromatic carbocycles. The van der Waals surface area contributed by atoms with E-state index in [1.54, 1.807) is 48.5 Å². The van der Waals surface area contributed by atoms with Crippen LogP contribution in [0.4, 0.5) is 0 Å². The summed E-state index contributed by atoms with van der Waals surface area (Å²) in [5.74, 6) is -1.49. The van der Waals surface area contributed by atoms with Crippen molar-refractivity contribution in [2.24, 2.45) is 0 Å². The minimum absolute atomic E-state index is 0.159. The first kappa shape index (κ1) is 23.3. The molecular formula is C25H18N2O5S2. The van der Waals surface area contributed by atoms with Crippen LogP contribution in [0.5, 0.6) is 0 Å². The van der Waals surface area contributed by atoms with E-state index in [-0.39, 0.29) is 10.6 Å². The minimum Gasteiger partial charge on any atom is -0.480 e. The first-order valence-electron chi connectivity index (χ1n) is 10.1. The number of thiophene rings is 1. The van der Waals surface area contributed by atoms with E-state index in [1.807, 2.05) is 17.5 Å². The maximum Gasteiger partial charge on any atom is 0.325 e. The summed E-state index contributed by atoms with van der Waals surface area (Å²) < 4.78 is 8.60. The highest BCUT2D eigenvalue weighted by Gasteiger charge is 2.45. The predicted molar refractivity (Wildman–Crippen MR) is 128 cm³/mol. The molecule has 1 unspecified atom stereocenters. The predicted octanol–water partition coefficient (Wildman–Crippen LogP) is 5.58. The van der Waals surface area contributed by atoms with Crippen LogP contribution in [0, 0.1) is 11.3 Å². The second kappa shape index (κ2) is 9.95. The number of nitriles is 1. The summed E-state index contributed by atoms with van der Waals surface area (Å²) in [6, 6.07) is 19.5. The number of carbonyl (C=O) groups excluding carboxylic acids is 1. The molecule has 0 bridgehead atoms. The number of aliphatic carboxylic acids is 1. The van der Waals surface area contributed by atoms with E-state index in [2.05, 4.69) is 11.1 Å². The SMILES string of the molecule is COC(=O)CC(Sc1nc(-c2cccs2)cc(-c2ccco2)c1C#N)(C(=O)O)c1ccccc1. The average Bonchev–Trinajstić information content (AvgIpc) is 3.58. The van der Waals surface area contributed by atoms with E-state index in [0.29, 0.717) is 22.6 Å². The Bertz CT molecular complexity index is 1350. The molecule has 0 saturated heterocycles. The standard InChI is InChI=1S/C25H18N2O5S2/c1-31-22(28)14-25(24(29)30,16-7-3-2-4-8-16)34-23-18(15-26)17(20-9-5-11-32-20)13-19(27-23)21-10-6-12-33-21/h2-13H,14H2,1H3,(H,29,30). The maximum absolute atomic E-state index is 12.7. The monoisotopic (exact) mass is 490 g/mol. The van der Waals surface area contributed by atoms with Crippen LogP contribution in [0.15, 0.2) is 81.8 Å². The fourth-order valence-electron chi connectivity index (χ4n) is 3.47. The minimum atomic E-state index is -1.78. The van der Waals surface area contributed by atoms with Crippen LogP contribution in [0.25, 0.3) is 21.9 Å². The molecule has 0 spiro atoms. The lowest BCUT2D eigenvalue weighted by atomic mass is 9.94. The molecule has 34 heavy (non-hydrogen) atoms. The highest BCUT2D eigenvalue weighted by atomic mass is 32.2. The third kappa shape index (κ3) is 4.46. The second-order valence-corrected chi connectivity index (χ2v) is 9.39. The third-order valence-corrected chi connectivity index (χ3v) is 7.42. The molecule has 4 aromatic rings. The van der Waals surface area contributed by atoms with Crippen molar-refractivity contribution in [3.63, 3.8) is 0 Å². The molecule has 1 atom stereocenters. The highest BCUT2D eigenvalue weighted by molar-refractivity contribution is 8.01. The van der Waals surface area contributed by atoms with Crippen LogP contribution >= 0.6 is 23.1 Å². The van der Waals surface area contributed by atoms with Crippen molar-refractivity contribution >= 4 is 35.0 Å². The molecule has 7 nitrogen and oxygen atoms in total. The van der Waals surface area contributed by atoms with Crippen molar-refractivity contribution in [1.82, 2.24) is 4.98 Å². The number of carboxylic acids is 1. The zero-order valence-electron chi connectivity index (χ0n) is 17.9. The van der Waals surface area contributed by atoms with Gasteiger partial charge in [0.05, 0.1) is 35.9 Å². The number of hydrogen-bond donors (Lipinski definition) is 1. The van der Waals surface area contributed by atoms with Crippen LogP contribution in [-0.4, -0.2) is 29.1 Å². The number of furan rings is 1. The van der Waals surface area contributed by atoms with Gasteiger partial charge in [0, 0.05) is 5.56 Å². The maximum atomic E-state index is 12.7. The molecule has 4 rings (SSSR count). The Labute approximate surface area is 203 Å². The Kier molecular flexibility index (Phi) is 6.82. The number of carboxylic acid groups (broad SMARTS) is 1. The van der Waals surface area contributed by atoms with E-state index in [1.165, 1.54) is 24.7 Å². The van der Waals surface area contributed by atoms with Gasteiger partial charge in [-0.1, -0.05) is 48.2 Å². The van der Waals surface area contributed by atoms with Gasteiger partial charge in [-0.05, 0) is 35.2 Å². The van der Waals surface area contributed by atoms with Gasteiger partial charge in [0.1, 0.15) is 16.9 Å². The molecule has 3 heterocycles. The molecule has 0 aliphatic rings. The Morgan fingerprint density at radius 2 is 2.00 bits per heavy atom. The van der Waals surface area contributed by atoms with Gasteiger partial charge in [-0.15, -0.1) is 11.3 Å². The first-order valence-corrected chi connectivity index (χ1v) is 11.8. The van der Waals surface area contributed by atoms with Crippen LogP contribution in [0.1, 0.15) is 17.5 Å². The number of carbonyl (C=O) groups is 2. The largest absolute Gasteiger partial charge is 0.480 e. The first-order chi connectivity index (χ1) is 16.5. The summed E-state index contributed by atoms with van der Waals surface area (Å²) in [4.78, 5) is 30.6. The lowest BCUT2D eigenvalue weighted by molar-refractivity contribution is -0.148. The molecule has 0 aliphatic carbocycles. The Morgan fingerprint density at radius 1 is 1.21 bits per heavy atom. The number of aromatic nitrogens is 1. The van der Waals surface area contributed by atoms with Crippen LogP contribution in [-0.2, 0) is 19.1 Å². The van der Waals surface area contributed by atoms with Crippen molar-refractivity contribution in [3.8, 4) is 28.0 Å². The van der Waals surface area contributed by atoms with E-state index in [0.717, 1.165) is 16.6 Å². The topological polar surface area (TPSA) is 113 Å². The molecule has 1 N–H and O–H groups in total. The van der Waals surface area contributed by atoms with Crippen LogP contribution < -0.4 is 0 Å². The number of benzene rings is 1. The normalized spacial score (nSPS) is 12.5. The van der Waals surface area contributed by atoms with E-state index in [4.69, 9.17) is 9.15 Å². The molecule has 0 saturated carbocycles. The Balaban J connectivity index is 1.96. The van der Waals surface area contributed by atoms with Gasteiger partial charge in [0.2, 0.25) is 0 Å². The van der Waals surface area contributed by atoms with Gasteiger partial charge in [-0.2, -0.15) is 5.26 Å². The summed E-state index contributed by atoms with van der Waals surface area (Å²) >= 11 is 2.31. The number of ether oxygens (including phenoxy) is 1. The number of pyridine rings is 1. The number of nitrogens with zero attached hydrogens (tertiary/aromatic N) is 2. The summed E-state index contributed by atoms with van der Waals surface area (Å²) in [7, 11) is 1.20. The van der Waals surface area contributed by atoms with E-state index >= 15 is 0 Å². The molecule has 0 aliphatic heterocycles. The number of methoxy groups -OCH3 is 1. The summed E-state index contributed by atoms with van der Waals surface area (Å²) in [6.07, 6.45) is 1.04. The molecule has 0 radical (unpaired) electrons. The molecule has 0 amide bonds. The van der Waals surface area contributed by atoms with Gasteiger partial charge >= 0.3 is 11.9 Å². The average molecular weight is 491 g/mol. The quantitative estimate of drug-likeness (QED) is 0.252. The lowest BCUT2D eigenvalue weighted by Gasteiger charge is -2.28. The highest BCUT2D eigenvalue weighted by Crippen LogP contribution is 2.47. The van der Waals surface area contributed by atoms with Gasteiger partial charge < -0.3 is 14.3 Å². The van der Waals surface area contributed by atoms with Gasteiger partial charge in [-0.3, -0.25) is 9.59 Å². The fraction of sp³-hybridized carbons (Fsp3) is 0.120. The van der Waals surface area contributed by atoms with Gasteiger partial charge in [0.25, 0.3) is 0 Å². The zero-order chi connectivity index (χ0) is 24.1. The molecular weight excluding hydrogens is 472 g/mol. The summed E-state index contributed by atoms with van der Waals surface area (Å²) in [5.41, 5.74) is 1.59. The Morgan fingerprint density at radius 3 is 2.59 bits per heavy atom. The Hall–Kier alpha value is -3.87. The molecule has 3 aromatic heterocycles. The number of thioether (sulfide) groups is 1. The van der Waals surface area contributed by atoms with Crippen molar-refractivity contribution in [2.45, 2.75) is 16.2 Å². The lowest BCUT2D eigenvalue weighted by Crippen LogP contribution is -2.35. The zero-order valence-corrected chi connectivity index (χ0v) is 19.6. The van der Waals surface area contributed by atoms with E-state index in [9.17, 15) is 20.0 Å². The van der Waals surface area contributed by atoms with Crippen LogP contribution in [0.2, 0.25) is 0 Å². The van der Waals surface area contributed by atoms with Gasteiger partial charge in [-0.25, -0.2) is 4.98 Å². The number of esters is 1. The van der Waals surface area contributed by atoms with Crippen molar-refractivity contribution in [1.29, 1.82) is 5.26 Å². The third-order valence-electron chi connectivity index (χ3n) is 5.14. The van der Waals surface area contributed by atoms with Crippen molar-refractivity contribution in [2.75, 3.05) is 7.11 Å². The van der Waals surface area contributed by atoms with E-state index < -0.39 is 23.1 Å². The fourth-order valence-corrected chi connectivity index (χ4v) is 5.42. The molecule has 9 heteroatoms. The van der Waals surface area contributed by atoms with Crippen molar-refractivity contribution < 1.29 is 23.8 Å². The smallest absolute Gasteiger partial charge is 0.325 e. The molecule has 170 valence electrons. The number of hydrogen-bond acceptors (Lipinski definition) is 8. The number of rotatable bonds is 8. The van der Waals surface area contributed by atoms with Crippen LogP contribution in [0.3, 0.4) is 0 Å². The van der Waals surface area contributed by atoms with Gasteiger partial charge in [0.15, 0.2) is 4.75 Å². The summed E-state index contributed by atoms with van der Waals surface area (Å²) in [5, 5.41) is 22.5. The van der Waals surface area contributed by atoms with Crippen molar-refractivity contribution in [3.05, 3.63) is 83.4 Å². The molecule has 0 fully saturated rings.